The smallest absolute Gasteiger partial charge is 0.211 e. The predicted octanol–water partition coefficient (Wildman–Crippen LogP) is 1.25. The summed E-state index contributed by atoms with van der Waals surface area (Å²) in [7, 11) is -3.39. The molecule has 0 saturated heterocycles. The van der Waals surface area contributed by atoms with E-state index in [1.165, 1.54) is 0 Å². The second kappa shape index (κ2) is 4.95. The molecule has 0 amide bonds. The molecule has 0 heterocycles. The Hall–Kier alpha value is -0.600. The van der Waals surface area contributed by atoms with E-state index in [0.29, 0.717) is 11.8 Å². The Morgan fingerprint density at radius 3 is 2.27 bits per heavy atom. The van der Waals surface area contributed by atoms with E-state index in [9.17, 15) is 8.42 Å². The Morgan fingerprint density at radius 2 is 1.80 bits per heavy atom. The first-order chi connectivity index (χ1) is 6.93. The molecule has 0 bridgehead atoms. The fourth-order valence-electron chi connectivity index (χ4n) is 2.42. The van der Waals surface area contributed by atoms with E-state index < -0.39 is 15.8 Å². The zero-order valence-corrected chi connectivity index (χ0v) is 10.0. The molecule has 0 aliphatic heterocycles. The monoisotopic (exact) mass is 230 g/mol. The lowest BCUT2D eigenvalue weighted by Gasteiger charge is -2.31. The molecular weight excluding hydrogens is 212 g/mol. The summed E-state index contributed by atoms with van der Waals surface area (Å²) in [5.41, 5.74) is 0. The number of nitriles is 1. The minimum atomic E-state index is -3.39. The van der Waals surface area contributed by atoms with Gasteiger partial charge in [0.2, 0.25) is 10.0 Å². The molecule has 1 fully saturated rings. The third-order valence-electron chi connectivity index (χ3n) is 2.78. The van der Waals surface area contributed by atoms with Crippen molar-refractivity contribution in [3.63, 3.8) is 0 Å². The lowest BCUT2D eigenvalue weighted by molar-refractivity contribution is 0.258. The van der Waals surface area contributed by atoms with Gasteiger partial charge in [0, 0.05) is 6.04 Å². The highest BCUT2D eigenvalue weighted by atomic mass is 32.2. The van der Waals surface area contributed by atoms with E-state index in [1.54, 1.807) is 6.07 Å². The van der Waals surface area contributed by atoms with Gasteiger partial charge in [0.1, 0.15) is 0 Å². The molecule has 1 aliphatic carbocycles. The van der Waals surface area contributed by atoms with Gasteiger partial charge in [0.15, 0.2) is 5.75 Å². The van der Waals surface area contributed by atoms with Crippen LogP contribution in [-0.4, -0.2) is 20.2 Å². The van der Waals surface area contributed by atoms with Crippen LogP contribution >= 0.6 is 0 Å². The SMILES string of the molecule is CC1CC(C)CC(NS(=O)(=O)CC#N)C1. The van der Waals surface area contributed by atoms with Crippen LogP contribution in [0.5, 0.6) is 0 Å². The average Bonchev–Trinajstić information content (AvgIpc) is 1.99. The maximum absolute atomic E-state index is 11.4. The van der Waals surface area contributed by atoms with Crippen molar-refractivity contribution in [2.75, 3.05) is 5.75 Å². The van der Waals surface area contributed by atoms with Crippen molar-refractivity contribution in [1.29, 1.82) is 5.26 Å². The standard InChI is InChI=1S/C10H18N2O2S/c1-8-5-9(2)7-10(6-8)12-15(13,14)4-3-11/h8-10,12H,4-7H2,1-2H3. The summed E-state index contributed by atoms with van der Waals surface area (Å²) >= 11 is 0. The van der Waals surface area contributed by atoms with Crippen molar-refractivity contribution in [2.45, 2.75) is 39.2 Å². The fraction of sp³-hybridized carbons (Fsp3) is 0.900. The molecule has 5 heteroatoms. The van der Waals surface area contributed by atoms with Crippen molar-refractivity contribution < 1.29 is 8.42 Å². The molecule has 86 valence electrons. The molecular formula is C10H18N2O2S. The summed E-state index contributed by atoms with van der Waals surface area (Å²) in [6.45, 7) is 4.28. The number of nitrogens with one attached hydrogen (secondary N) is 1. The molecule has 0 aromatic heterocycles. The first-order valence-electron chi connectivity index (χ1n) is 5.30. The quantitative estimate of drug-likeness (QED) is 0.793. The summed E-state index contributed by atoms with van der Waals surface area (Å²) in [4.78, 5) is 0. The number of rotatable bonds is 3. The Labute approximate surface area is 91.7 Å². The molecule has 1 N–H and O–H groups in total. The van der Waals surface area contributed by atoms with E-state index >= 15 is 0 Å². The van der Waals surface area contributed by atoms with Crippen molar-refractivity contribution in [1.82, 2.24) is 4.72 Å². The maximum Gasteiger partial charge on any atom is 0.225 e. The molecule has 2 unspecified atom stereocenters. The van der Waals surface area contributed by atoms with Gasteiger partial charge in [-0.15, -0.1) is 0 Å². The lowest BCUT2D eigenvalue weighted by atomic mass is 9.81. The van der Waals surface area contributed by atoms with Gasteiger partial charge >= 0.3 is 0 Å². The Kier molecular flexibility index (Phi) is 4.12. The van der Waals surface area contributed by atoms with Gasteiger partial charge in [0.05, 0.1) is 6.07 Å². The number of nitrogens with zero attached hydrogens (tertiary/aromatic N) is 1. The lowest BCUT2D eigenvalue weighted by Crippen LogP contribution is -2.40. The molecule has 15 heavy (non-hydrogen) atoms. The summed E-state index contributed by atoms with van der Waals surface area (Å²) in [6.07, 6.45) is 2.93. The van der Waals surface area contributed by atoms with E-state index in [1.807, 2.05) is 0 Å². The summed E-state index contributed by atoms with van der Waals surface area (Å²) < 4.78 is 25.4. The second-order valence-corrected chi connectivity index (χ2v) is 6.40. The number of hydrogen-bond donors (Lipinski definition) is 1. The molecule has 4 nitrogen and oxygen atoms in total. The van der Waals surface area contributed by atoms with Gasteiger partial charge in [-0.25, -0.2) is 13.1 Å². The summed E-state index contributed by atoms with van der Waals surface area (Å²) in [6, 6.07) is 1.69. The Morgan fingerprint density at radius 1 is 1.27 bits per heavy atom. The highest BCUT2D eigenvalue weighted by molar-refractivity contribution is 7.89. The van der Waals surface area contributed by atoms with Crippen LogP contribution in [0.1, 0.15) is 33.1 Å². The van der Waals surface area contributed by atoms with Gasteiger partial charge < -0.3 is 0 Å². The first-order valence-corrected chi connectivity index (χ1v) is 6.95. The second-order valence-electron chi connectivity index (χ2n) is 4.65. The molecule has 1 saturated carbocycles. The van der Waals surface area contributed by atoms with Crippen LogP contribution in [0.15, 0.2) is 0 Å². The van der Waals surface area contributed by atoms with Gasteiger partial charge in [-0.05, 0) is 31.1 Å². The predicted molar refractivity (Wildman–Crippen MR) is 58.5 cm³/mol. The van der Waals surface area contributed by atoms with Crippen molar-refractivity contribution in [3.8, 4) is 6.07 Å². The third kappa shape index (κ3) is 4.18. The van der Waals surface area contributed by atoms with Crippen LogP contribution < -0.4 is 4.72 Å². The normalized spacial score (nSPS) is 32.2. The zero-order valence-electron chi connectivity index (χ0n) is 9.23. The Balaban J connectivity index is 2.55. The van der Waals surface area contributed by atoms with Crippen molar-refractivity contribution in [2.24, 2.45) is 11.8 Å². The molecule has 2 atom stereocenters. The van der Waals surface area contributed by atoms with Crippen LogP contribution in [0.25, 0.3) is 0 Å². The van der Waals surface area contributed by atoms with E-state index in [-0.39, 0.29) is 6.04 Å². The van der Waals surface area contributed by atoms with Crippen LogP contribution in [0.2, 0.25) is 0 Å². The largest absolute Gasteiger partial charge is 0.225 e. The minimum Gasteiger partial charge on any atom is -0.211 e. The minimum absolute atomic E-state index is 0.0158. The van der Waals surface area contributed by atoms with Crippen molar-refractivity contribution in [3.05, 3.63) is 0 Å². The molecule has 0 aromatic rings. The number of sulfonamides is 1. The first kappa shape index (κ1) is 12.5. The molecule has 1 aliphatic rings. The van der Waals surface area contributed by atoms with E-state index in [4.69, 9.17) is 5.26 Å². The van der Waals surface area contributed by atoms with E-state index in [2.05, 4.69) is 18.6 Å². The van der Waals surface area contributed by atoms with Crippen LogP contribution in [-0.2, 0) is 10.0 Å². The maximum atomic E-state index is 11.4. The van der Waals surface area contributed by atoms with Crippen molar-refractivity contribution >= 4 is 10.0 Å². The zero-order chi connectivity index (χ0) is 11.5. The fourth-order valence-corrected chi connectivity index (χ4v) is 3.38. The summed E-state index contributed by atoms with van der Waals surface area (Å²) in [5.74, 6) is 0.679. The number of hydrogen-bond acceptors (Lipinski definition) is 3. The molecule has 1 rings (SSSR count). The highest BCUT2D eigenvalue weighted by Crippen LogP contribution is 2.28. The Bertz CT molecular complexity index is 335. The van der Waals surface area contributed by atoms with Gasteiger partial charge in [-0.2, -0.15) is 5.26 Å². The average molecular weight is 230 g/mol. The van der Waals surface area contributed by atoms with Crippen LogP contribution in [0, 0.1) is 23.2 Å². The highest BCUT2D eigenvalue weighted by Gasteiger charge is 2.26. The summed E-state index contributed by atoms with van der Waals surface area (Å²) in [5, 5.41) is 8.37. The topological polar surface area (TPSA) is 70.0 Å². The van der Waals surface area contributed by atoms with Gasteiger partial charge in [-0.3, -0.25) is 0 Å². The van der Waals surface area contributed by atoms with Crippen LogP contribution in [0.4, 0.5) is 0 Å². The van der Waals surface area contributed by atoms with Gasteiger partial charge in [0.25, 0.3) is 0 Å². The molecule has 0 spiro atoms. The van der Waals surface area contributed by atoms with E-state index in [0.717, 1.165) is 19.3 Å². The molecule has 0 aromatic carbocycles. The van der Waals surface area contributed by atoms with Crippen LogP contribution in [0.3, 0.4) is 0 Å². The van der Waals surface area contributed by atoms with Gasteiger partial charge in [-0.1, -0.05) is 13.8 Å². The third-order valence-corrected chi connectivity index (χ3v) is 3.98. The molecule has 0 radical (unpaired) electrons.